The van der Waals surface area contributed by atoms with Gasteiger partial charge in [-0.15, -0.1) is 0 Å². The predicted octanol–water partition coefficient (Wildman–Crippen LogP) is 4.91. The number of nitrogens with zero attached hydrogens (tertiary/aromatic N) is 2. The highest BCUT2D eigenvalue weighted by molar-refractivity contribution is 6.33. The number of benzene rings is 2. The van der Waals surface area contributed by atoms with Gasteiger partial charge in [-0.1, -0.05) is 48.0 Å². The average Bonchev–Trinajstić information content (AvgIpc) is 2.79. The molecule has 1 N–H and O–H groups in total. The van der Waals surface area contributed by atoms with Gasteiger partial charge in [0.25, 0.3) is 0 Å². The number of methoxy groups -OCH3 is 1. The van der Waals surface area contributed by atoms with Gasteiger partial charge in [0.05, 0.1) is 29.9 Å². The summed E-state index contributed by atoms with van der Waals surface area (Å²) in [4.78, 5) is 31.9. The van der Waals surface area contributed by atoms with Gasteiger partial charge in [0.2, 0.25) is 5.91 Å². The van der Waals surface area contributed by atoms with E-state index in [1.165, 1.54) is 4.90 Å². The van der Waals surface area contributed by atoms with Crippen molar-refractivity contribution in [1.29, 1.82) is 0 Å². The summed E-state index contributed by atoms with van der Waals surface area (Å²) in [5.74, 6) is 0.363. The summed E-state index contributed by atoms with van der Waals surface area (Å²) in [6.45, 7) is 0. The number of pyridine rings is 1. The number of halogens is 1. The molecule has 3 unspecified atom stereocenters. The summed E-state index contributed by atoms with van der Waals surface area (Å²) in [6.07, 6.45) is 5.48. The molecule has 6 nitrogen and oxygen atoms in total. The number of ether oxygens (including phenoxy) is 1. The second kappa shape index (κ2) is 7.85. The summed E-state index contributed by atoms with van der Waals surface area (Å²) < 4.78 is 5.35. The molecule has 0 bridgehead atoms. The maximum atomic E-state index is 13.4. The maximum absolute atomic E-state index is 13.4. The minimum Gasteiger partial charge on any atom is -0.495 e. The zero-order valence-corrected chi connectivity index (χ0v) is 17.8. The van der Waals surface area contributed by atoms with Gasteiger partial charge in [-0.25, -0.2) is 9.69 Å². The Bertz CT molecular complexity index is 1180. The fourth-order valence-electron chi connectivity index (χ4n) is 4.90. The summed E-state index contributed by atoms with van der Waals surface area (Å²) in [5, 5.41) is 5.39. The van der Waals surface area contributed by atoms with E-state index < -0.39 is 6.03 Å². The fraction of sp³-hybridized carbons (Fsp3) is 0.292. The van der Waals surface area contributed by atoms with E-state index in [4.69, 9.17) is 16.3 Å². The molecular formula is C24H22ClN3O3. The zero-order valence-electron chi connectivity index (χ0n) is 17.0. The van der Waals surface area contributed by atoms with E-state index in [1.807, 2.05) is 42.5 Å². The number of nitrogens with one attached hydrogen (secondary N) is 1. The Morgan fingerprint density at radius 3 is 2.77 bits per heavy atom. The van der Waals surface area contributed by atoms with Crippen molar-refractivity contribution in [3.05, 3.63) is 65.4 Å². The highest BCUT2D eigenvalue weighted by Gasteiger charge is 2.45. The van der Waals surface area contributed by atoms with Crippen molar-refractivity contribution in [2.24, 2.45) is 5.92 Å². The third-order valence-corrected chi connectivity index (χ3v) is 6.85. The number of urea groups is 1. The molecule has 0 radical (unpaired) electrons. The van der Waals surface area contributed by atoms with Gasteiger partial charge < -0.3 is 10.1 Å². The number of fused-ring (bicyclic) bond motifs is 2. The summed E-state index contributed by atoms with van der Waals surface area (Å²) in [5.41, 5.74) is 1.53. The number of rotatable bonds is 3. The Kier molecular flexibility index (Phi) is 5.02. The lowest BCUT2D eigenvalue weighted by molar-refractivity contribution is -0.124. The van der Waals surface area contributed by atoms with Crippen LogP contribution in [0.2, 0.25) is 5.02 Å². The van der Waals surface area contributed by atoms with Crippen LogP contribution in [0.5, 0.6) is 5.75 Å². The molecule has 1 aliphatic heterocycles. The second-order valence-electron chi connectivity index (χ2n) is 8.09. The highest BCUT2D eigenvalue weighted by Crippen LogP contribution is 2.43. The number of aromatic nitrogens is 1. The number of carbonyl (C=O) groups excluding carboxylic acids is 2. The van der Waals surface area contributed by atoms with Crippen LogP contribution in [0.15, 0.2) is 54.9 Å². The minimum atomic E-state index is -0.401. The third kappa shape index (κ3) is 3.31. The molecule has 2 aliphatic rings. The lowest BCUT2D eigenvalue weighted by Crippen LogP contribution is -2.61. The molecule has 2 fully saturated rings. The Balaban J connectivity index is 1.43. The number of imide groups is 1. The van der Waals surface area contributed by atoms with Crippen LogP contribution in [0, 0.1) is 5.92 Å². The van der Waals surface area contributed by atoms with Gasteiger partial charge in [-0.3, -0.25) is 9.78 Å². The molecule has 5 rings (SSSR count). The molecule has 2 aromatic carbocycles. The first-order chi connectivity index (χ1) is 15.1. The topological polar surface area (TPSA) is 71.5 Å². The highest BCUT2D eigenvalue weighted by atomic mass is 35.5. The van der Waals surface area contributed by atoms with Crippen LogP contribution >= 0.6 is 11.6 Å². The van der Waals surface area contributed by atoms with E-state index in [0.29, 0.717) is 29.3 Å². The predicted molar refractivity (Wildman–Crippen MR) is 120 cm³/mol. The Labute approximate surface area is 185 Å². The molecule has 2 heterocycles. The lowest BCUT2D eigenvalue weighted by atomic mass is 9.74. The van der Waals surface area contributed by atoms with Gasteiger partial charge in [0.15, 0.2) is 0 Å². The lowest BCUT2D eigenvalue weighted by Gasteiger charge is -2.42. The minimum absolute atomic E-state index is 0.155. The van der Waals surface area contributed by atoms with Crippen molar-refractivity contribution in [2.45, 2.75) is 31.2 Å². The molecule has 3 atom stereocenters. The van der Waals surface area contributed by atoms with Gasteiger partial charge in [-0.2, -0.15) is 0 Å². The van der Waals surface area contributed by atoms with E-state index >= 15 is 0 Å². The molecule has 31 heavy (non-hydrogen) atoms. The number of hydrogen-bond acceptors (Lipinski definition) is 4. The summed E-state index contributed by atoms with van der Waals surface area (Å²) in [7, 11) is 1.60. The monoisotopic (exact) mass is 435 g/mol. The smallest absolute Gasteiger partial charge is 0.329 e. The number of amides is 3. The van der Waals surface area contributed by atoms with Crippen molar-refractivity contribution in [2.75, 3.05) is 12.0 Å². The molecule has 158 valence electrons. The van der Waals surface area contributed by atoms with Crippen LogP contribution in [0.4, 0.5) is 10.5 Å². The quantitative estimate of drug-likeness (QED) is 0.634. The van der Waals surface area contributed by atoms with Gasteiger partial charge in [0.1, 0.15) is 5.75 Å². The third-order valence-electron chi connectivity index (χ3n) is 6.44. The Morgan fingerprint density at radius 1 is 1.10 bits per heavy atom. The van der Waals surface area contributed by atoms with E-state index in [-0.39, 0.29) is 23.8 Å². The average molecular weight is 436 g/mol. The molecule has 1 saturated carbocycles. The van der Waals surface area contributed by atoms with Crippen LogP contribution in [0.1, 0.15) is 30.7 Å². The van der Waals surface area contributed by atoms with Crippen LogP contribution in [0.3, 0.4) is 0 Å². The molecule has 3 aromatic rings. The van der Waals surface area contributed by atoms with Gasteiger partial charge >= 0.3 is 6.03 Å². The van der Waals surface area contributed by atoms with Crippen LogP contribution < -0.4 is 15.0 Å². The molecular weight excluding hydrogens is 414 g/mol. The van der Waals surface area contributed by atoms with Crippen LogP contribution in [-0.4, -0.2) is 30.1 Å². The molecule has 1 aliphatic carbocycles. The normalized spacial score (nSPS) is 23.4. The van der Waals surface area contributed by atoms with Crippen LogP contribution in [-0.2, 0) is 4.79 Å². The standard InChI is InChI=1S/C24H22ClN3O3/c1-31-21-8-4-7-17(22(21)25)14-9-10-18-19(11-14)27-24(30)28(23(18)29)20-13-26-12-15-5-2-3-6-16(15)20/h2-8,12-14,18-19H,9-11H2,1H3,(H,27,30). The van der Waals surface area contributed by atoms with E-state index in [2.05, 4.69) is 10.3 Å². The van der Waals surface area contributed by atoms with Gasteiger partial charge in [0, 0.05) is 23.0 Å². The number of hydrogen-bond donors (Lipinski definition) is 1. The molecule has 1 aromatic heterocycles. The van der Waals surface area contributed by atoms with E-state index in [0.717, 1.165) is 22.8 Å². The largest absolute Gasteiger partial charge is 0.495 e. The Hall–Kier alpha value is -3.12. The van der Waals surface area contributed by atoms with Crippen molar-refractivity contribution in [3.63, 3.8) is 0 Å². The first-order valence-electron chi connectivity index (χ1n) is 10.4. The van der Waals surface area contributed by atoms with E-state index in [9.17, 15) is 9.59 Å². The molecule has 1 saturated heterocycles. The summed E-state index contributed by atoms with van der Waals surface area (Å²) >= 11 is 6.54. The number of anilines is 1. The Morgan fingerprint density at radius 2 is 1.94 bits per heavy atom. The first kappa shape index (κ1) is 19.8. The van der Waals surface area contributed by atoms with E-state index in [1.54, 1.807) is 19.5 Å². The van der Waals surface area contributed by atoms with Crippen molar-refractivity contribution < 1.29 is 14.3 Å². The molecule has 7 heteroatoms. The zero-order chi connectivity index (χ0) is 21.5. The van der Waals surface area contributed by atoms with Crippen LogP contribution in [0.25, 0.3) is 10.8 Å². The van der Waals surface area contributed by atoms with Crippen molar-refractivity contribution >= 4 is 40.0 Å². The first-order valence-corrected chi connectivity index (χ1v) is 10.8. The fourth-order valence-corrected chi connectivity index (χ4v) is 5.26. The SMILES string of the molecule is COc1cccc(C2CCC3C(=O)N(c4cncc5ccccc45)C(=O)NC3C2)c1Cl. The second-order valence-corrected chi connectivity index (χ2v) is 8.47. The number of carbonyl (C=O) groups is 2. The molecule has 0 spiro atoms. The molecule has 3 amide bonds. The van der Waals surface area contributed by atoms with Gasteiger partial charge in [-0.05, 0) is 36.8 Å². The maximum Gasteiger partial charge on any atom is 0.329 e. The van der Waals surface area contributed by atoms with Crippen molar-refractivity contribution in [3.8, 4) is 5.75 Å². The summed E-state index contributed by atoms with van der Waals surface area (Å²) in [6, 6.07) is 12.8. The van der Waals surface area contributed by atoms with Crippen molar-refractivity contribution in [1.82, 2.24) is 10.3 Å².